The van der Waals surface area contributed by atoms with Crippen molar-refractivity contribution in [2.24, 2.45) is 0 Å². The van der Waals surface area contributed by atoms with Crippen molar-refractivity contribution in [3.05, 3.63) is 76.3 Å². The monoisotopic (exact) mass is 362 g/mol. The van der Waals surface area contributed by atoms with Gasteiger partial charge in [-0.3, -0.25) is 0 Å². The average Bonchev–Trinajstić information content (AvgIpc) is 3.31. The van der Waals surface area contributed by atoms with Crippen molar-refractivity contribution >= 4 is 5.69 Å². The molecule has 28 heavy (non-hydrogen) atoms. The molecular formula is C26H22N2. The Morgan fingerprint density at radius 2 is 1.32 bits per heavy atom. The summed E-state index contributed by atoms with van der Waals surface area (Å²) in [6.45, 7) is 2.13. The lowest BCUT2D eigenvalue weighted by Crippen LogP contribution is -2.31. The average molecular weight is 362 g/mol. The number of anilines is 1. The molecular weight excluding hydrogens is 340 g/mol. The van der Waals surface area contributed by atoms with Crippen LogP contribution in [-0.2, 0) is 12.8 Å². The summed E-state index contributed by atoms with van der Waals surface area (Å²) in [6.07, 6.45) is 5.64. The summed E-state index contributed by atoms with van der Waals surface area (Å²) in [5.41, 5.74) is 12.9. The zero-order valence-corrected chi connectivity index (χ0v) is 16.0. The van der Waals surface area contributed by atoms with Gasteiger partial charge in [-0.2, -0.15) is 5.26 Å². The molecule has 0 saturated carbocycles. The van der Waals surface area contributed by atoms with Crippen LogP contribution in [0.3, 0.4) is 0 Å². The second kappa shape index (κ2) is 5.97. The van der Waals surface area contributed by atoms with Crippen LogP contribution in [0.1, 0.15) is 47.1 Å². The van der Waals surface area contributed by atoms with Crippen molar-refractivity contribution in [2.45, 2.75) is 32.1 Å². The predicted octanol–water partition coefficient (Wildman–Crippen LogP) is 5.69. The van der Waals surface area contributed by atoms with E-state index in [1.165, 1.54) is 69.5 Å². The van der Waals surface area contributed by atoms with Gasteiger partial charge in [0.05, 0.1) is 11.3 Å². The summed E-state index contributed by atoms with van der Waals surface area (Å²) in [7, 11) is 0. The lowest BCUT2D eigenvalue weighted by Gasteiger charge is -2.32. The highest BCUT2D eigenvalue weighted by Gasteiger charge is 2.35. The molecule has 3 aromatic rings. The summed E-state index contributed by atoms with van der Waals surface area (Å²) in [6, 6.07) is 20.1. The zero-order valence-electron chi connectivity index (χ0n) is 16.0. The fourth-order valence-electron chi connectivity index (χ4n) is 5.61. The SMILES string of the molecule is N#Cc1c2c(c3c(c1N1CCCCC1)Cc1ccccc1-3)Cc1ccccc1-2. The van der Waals surface area contributed by atoms with E-state index in [4.69, 9.17) is 0 Å². The summed E-state index contributed by atoms with van der Waals surface area (Å²) < 4.78 is 0. The molecule has 0 unspecified atom stereocenters. The summed E-state index contributed by atoms with van der Waals surface area (Å²) in [5.74, 6) is 0. The molecule has 1 fully saturated rings. The van der Waals surface area contributed by atoms with Gasteiger partial charge in [-0.15, -0.1) is 0 Å². The minimum absolute atomic E-state index is 0.911. The third-order valence-electron chi connectivity index (χ3n) is 6.77. The van der Waals surface area contributed by atoms with Crippen LogP contribution in [0.15, 0.2) is 48.5 Å². The third-order valence-corrected chi connectivity index (χ3v) is 6.77. The number of nitrogens with zero attached hydrogens (tertiary/aromatic N) is 2. The van der Waals surface area contributed by atoms with E-state index in [0.717, 1.165) is 31.5 Å². The zero-order chi connectivity index (χ0) is 18.7. The summed E-state index contributed by atoms with van der Waals surface area (Å²) in [4.78, 5) is 2.51. The van der Waals surface area contributed by atoms with Gasteiger partial charge >= 0.3 is 0 Å². The lowest BCUT2D eigenvalue weighted by molar-refractivity contribution is 0.576. The van der Waals surface area contributed by atoms with E-state index >= 15 is 0 Å². The van der Waals surface area contributed by atoms with Gasteiger partial charge in [-0.1, -0.05) is 48.5 Å². The molecule has 3 aromatic carbocycles. The van der Waals surface area contributed by atoms with E-state index in [1.54, 1.807) is 0 Å². The Labute approximate surface area is 166 Å². The first kappa shape index (κ1) is 16.0. The Balaban J connectivity index is 1.71. The van der Waals surface area contributed by atoms with Crippen molar-refractivity contribution in [3.8, 4) is 28.3 Å². The Hall–Kier alpha value is -3.05. The number of piperidine rings is 1. The molecule has 0 N–H and O–H groups in total. The lowest BCUT2D eigenvalue weighted by atomic mass is 9.88. The Kier molecular flexibility index (Phi) is 3.40. The van der Waals surface area contributed by atoms with E-state index in [0.29, 0.717) is 0 Å². The second-order valence-electron chi connectivity index (χ2n) is 8.26. The minimum Gasteiger partial charge on any atom is -0.370 e. The Bertz CT molecular complexity index is 1160. The van der Waals surface area contributed by atoms with Crippen molar-refractivity contribution < 1.29 is 0 Å². The number of fused-ring (bicyclic) bond motifs is 7. The number of rotatable bonds is 1. The molecule has 3 aliphatic rings. The molecule has 0 aromatic heterocycles. The molecule has 2 nitrogen and oxygen atoms in total. The normalized spacial score (nSPS) is 16.2. The predicted molar refractivity (Wildman–Crippen MR) is 114 cm³/mol. The van der Waals surface area contributed by atoms with E-state index in [9.17, 15) is 5.26 Å². The molecule has 1 heterocycles. The molecule has 0 spiro atoms. The van der Waals surface area contributed by atoms with Crippen molar-refractivity contribution in [1.29, 1.82) is 5.26 Å². The Morgan fingerprint density at radius 3 is 2.00 bits per heavy atom. The van der Waals surface area contributed by atoms with E-state index in [2.05, 4.69) is 59.5 Å². The van der Waals surface area contributed by atoms with Crippen LogP contribution in [0.4, 0.5) is 5.69 Å². The number of nitriles is 1. The van der Waals surface area contributed by atoms with E-state index < -0.39 is 0 Å². The molecule has 6 rings (SSSR count). The quantitative estimate of drug-likeness (QED) is 0.383. The molecule has 2 aliphatic carbocycles. The molecule has 2 heteroatoms. The van der Waals surface area contributed by atoms with Gasteiger partial charge in [-0.05, 0) is 64.6 Å². The third kappa shape index (κ3) is 2.08. The van der Waals surface area contributed by atoms with Crippen LogP contribution in [0.5, 0.6) is 0 Å². The maximum Gasteiger partial charge on any atom is 0.102 e. The highest BCUT2D eigenvalue weighted by atomic mass is 15.1. The van der Waals surface area contributed by atoms with Gasteiger partial charge in [0, 0.05) is 25.1 Å². The van der Waals surface area contributed by atoms with E-state index in [1.807, 2.05) is 0 Å². The summed E-state index contributed by atoms with van der Waals surface area (Å²) in [5, 5.41) is 10.3. The topological polar surface area (TPSA) is 27.0 Å². The van der Waals surface area contributed by atoms with Crippen molar-refractivity contribution in [1.82, 2.24) is 0 Å². The molecule has 1 aliphatic heterocycles. The van der Waals surface area contributed by atoms with Gasteiger partial charge in [0.25, 0.3) is 0 Å². The first-order chi connectivity index (χ1) is 13.9. The highest BCUT2D eigenvalue weighted by molar-refractivity contribution is 5.98. The van der Waals surface area contributed by atoms with Crippen LogP contribution >= 0.6 is 0 Å². The molecule has 136 valence electrons. The van der Waals surface area contributed by atoms with Gasteiger partial charge in [0.15, 0.2) is 0 Å². The molecule has 0 atom stereocenters. The Morgan fingerprint density at radius 1 is 0.714 bits per heavy atom. The van der Waals surface area contributed by atoms with Crippen LogP contribution in [0.2, 0.25) is 0 Å². The smallest absolute Gasteiger partial charge is 0.102 e. The second-order valence-corrected chi connectivity index (χ2v) is 8.26. The molecule has 1 saturated heterocycles. The first-order valence-corrected chi connectivity index (χ1v) is 10.4. The minimum atomic E-state index is 0.911. The van der Waals surface area contributed by atoms with Gasteiger partial charge < -0.3 is 4.90 Å². The molecule has 0 bridgehead atoms. The van der Waals surface area contributed by atoms with Crippen LogP contribution in [-0.4, -0.2) is 13.1 Å². The highest BCUT2D eigenvalue weighted by Crippen LogP contribution is 2.53. The fraction of sp³-hybridized carbons (Fsp3) is 0.269. The van der Waals surface area contributed by atoms with Crippen LogP contribution < -0.4 is 4.90 Å². The standard InChI is InChI=1S/C26H22N2/c27-16-23-25-20-11-5-2-8-17(20)14-21(25)24-19-10-4-3-9-18(19)15-22(24)26(23)28-12-6-1-7-13-28/h2-5,8-11H,1,6-7,12-15H2. The van der Waals surface area contributed by atoms with Gasteiger partial charge in [-0.25, -0.2) is 0 Å². The maximum absolute atomic E-state index is 10.3. The van der Waals surface area contributed by atoms with Crippen molar-refractivity contribution in [2.75, 3.05) is 18.0 Å². The maximum atomic E-state index is 10.3. The van der Waals surface area contributed by atoms with Crippen LogP contribution in [0, 0.1) is 11.3 Å². The fourth-order valence-corrected chi connectivity index (χ4v) is 5.61. The summed E-state index contributed by atoms with van der Waals surface area (Å²) >= 11 is 0. The van der Waals surface area contributed by atoms with Crippen molar-refractivity contribution in [3.63, 3.8) is 0 Å². The van der Waals surface area contributed by atoms with Gasteiger partial charge in [0.2, 0.25) is 0 Å². The number of benzene rings is 3. The van der Waals surface area contributed by atoms with Gasteiger partial charge in [0.1, 0.15) is 6.07 Å². The number of hydrogen-bond donors (Lipinski definition) is 0. The number of hydrogen-bond acceptors (Lipinski definition) is 2. The first-order valence-electron chi connectivity index (χ1n) is 10.4. The molecule has 0 amide bonds. The van der Waals surface area contributed by atoms with Crippen LogP contribution in [0.25, 0.3) is 22.3 Å². The molecule has 0 radical (unpaired) electrons. The largest absolute Gasteiger partial charge is 0.370 e. The van der Waals surface area contributed by atoms with E-state index in [-0.39, 0.29) is 0 Å².